The molecule has 5 nitrogen and oxygen atoms in total. The Balaban J connectivity index is 1.92. The Morgan fingerprint density at radius 2 is 2.24 bits per heavy atom. The fraction of sp³-hybridized carbons (Fsp3) is 0.188. The molecular formula is C16H14N4O. The minimum atomic E-state index is -0.0585. The summed E-state index contributed by atoms with van der Waals surface area (Å²) >= 11 is 0. The third-order valence-corrected chi connectivity index (χ3v) is 3.90. The summed E-state index contributed by atoms with van der Waals surface area (Å²) in [5.41, 5.74) is 6.41. The van der Waals surface area contributed by atoms with Crippen LogP contribution < -0.4 is 5.32 Å². The highest BCUT2D eigenvalue weighted by molar-refractivity contribution is 5.96. The highest BCUT2D eigenvalue weighted by atomic mass is 16.1. The van der Waals surface area contributed by atoms with E-state index in [0.29, 0.717) is 0 Å². The molecule has 3 aromatic rings. The highest BCUT2D eigenvalue weighted by Crippen LogP contribution is 2.36. The second-order valence-electron chi connectivity index (χ2n) is 5.32. The van der Waals surface area contributed by atoms with Crippen molar-refractivity contribution in [1.82, 2.24) is 15.0 Å². The molecule has 0 saturated heterocycles. The Morgan fingerprint density at radius 1 is 1.33 bits per heavy atom. The number of aryl methyl sites for hydroxylation is 2. The molecule has 1 aliphatic rings. The van der Waals surface area contributed by atoms with E-state index < -0.39 is 0 Å². The van der Waals surface area contributed by atoms with Crippen LogP contribution in [0.15, 0.2) is 30.7 Å². The van der Waals surface area contributed by atoms with Crippen molar-refractivity contribution in [1.29, 1.82) is 0 Å². The molecule has 0 spiro atoms. The highest BCUT2D eigenvalue weighted by Gasteiger charge is 2.21. The number of hydrogen-bond donors (Lipinski definition) is 2. The monoisotopic (exact) mass is 278 g/mol. The van der Waals surface area contributed by atoms with Gasteiger partial charge < -0.3 is 10.3 Å². The number of nitrogens with one attached hydrogen (secondary N) is 2. The number of H-pyrrole nitrogens is 1. The molecule has 4 rings (SSSR count). The number of hydrogen-bond acceptors (Lipinski definition) is 3. The van der Waals surface area contributed by atoms with E-state index in [1.807, 2.05) is 24.4 Å². The summed E-state index contributed by atoms with van der Waals surface area (Å²) in [5, 5.41) is 3.99. The molecule has 0 bridgehead atoms. The van der Waals surface area contributed by atoms with Crippen LogP contribution in [0.3, 0.4) is 0 Å². The van der Waals surface area contributed by atoms with E-state index in [-0.39, 0.29) is 5.91 Å². The van der Waals surface area contributed by atoms with Gasteiger partial charge in [0, 0.05) is 29.7 Å². The van der Waals surface area contributed by atoms with Crippen LogP contribution >= 0.6 is 0 Å². The summed E-state index contributed by atoms with van der Waals surface area (Å²) in [7, 11) is 0. The third kappa shape index (κ3) is 1.89. The first-order valence-corrected chi connectivity index (χ1v) is 6.94. The number of aromatic amines is 1. The fourth-order valence-corrected chi connectivity index (χ4v) is 3.02. The molecule has 0 aliphatic heterocycles. The van der Waals surface area contributed by atoms with Crippen LogP contribution in [0, 0.1) is 0 Å². The number of anilines is 1. The lowest BCUT2D eigenvalue weighted by atomic mass is 9.93. The van der Waals surface area contributed by atoms with E-state index in [1.54, 1.807) is 6.33 Å². The molecule has 0 saturated carbocycles. The van der Waals surface area contributed by atoms with Crippen LogP contribution in [0.4, 0.5) is 5.69 Å². The number of aromatic nitrogens is 3. The van der Waals surface area contributed by atoms with Crippen molar-refractivity contribution in [2.75, 3.05) is 5.32 Å². The van der Waals surface area contributed by atoms with Crippen LogP contribution in [0.1, 0.15) is 18.1 Å². The molecule has 2 N–H and O–H groups in total. The maximum absolute atomic E-state index is 11.2. The van der Waals surface area contributed by atoms with Gasteiger partial charge in [0.1, 0.15) is 6.33 Å². The second kappa shape index (κ2) is 4.41. The topological polar surface area (TPSA) is 70.7 Å². The zero-order valence-electron chi connectivity index (χ0n) is 11.6. The molecule has 0 radical (unpaired) electrons. The summed E-state index contributed by atoms with van der Waals surface area (Å²) in [6.07, 6.45) is 5.38. The van der Waals surface area contributed by atoms with E-state index >= 15 is 0 Å². The predicted molar refractivity (Wildman–Crippen MR) is 81.0 cm³/mol. The lowest BCUT2D eigenvalue weighted by Gasteiger charge is -2.14. The molecule has 1 aromatic carbocycles. The Hall–Kier alpha value is -2.69. The van der Waals surface area contributed by atoms with E-state index in [0.717, 1.165) is 40.8 Å². The van der Waals surface area contributed by atoms with Crippen molar-refractivity contribution in [3.8, 4) is 11.4 Å². The largest absolute Gasteiger partial charge is 0.353 e. The molecule has 0 atom stereocenters. The molecular weight excluding hydrogens is 264 g/mol. The standard InChI is InChI=1S/C16H14N4O/c1-9(21)19-11-3-5-14-13(6-11)12-4-2-10-7-17-8-18-15(10)16(12)20-14/h3,5-8,20H,2,4H2,1H3,(H,19,21). The summed E-state index contributed by atoms with van der Waals surface area (Å²) in [5.74, 6) is -0.0585. The Morgan fingerprint density at radius 3 is 3.10 bits per heavy atom. The van der Waals surface area contributed by atoms with Gasteiger partial charge in [-0.15, -0.1) is 0 Å². The number of carbonyl (C=O) groups excluding carboxylic acids is 1. The predicted octanol–water partition coefficient (Wildman–Crippen LogP) is 2.68. The van der Waals surface area contributed by atoms with Crippen molar-refractivity contribution in [2.45, 2.75) is 19.8 Å². The quantitative estimate of drug-likeness (QED) is 0.719. The molecule has 1 aliphatic carbocycles. The van der Waals surface area contributed by atoms with Gasteiger partial charge >= 0.3 is 0 Å². The molecule has 1 amide bonds. The first-order chi connectivity index (χ1) is 10.2. The molecule has 104 valence electrons. The minimum absolute atomic E-state index is 0.0585. The number of rotatable bonds is 1. The van der Waals surface area contributed by atoms with Gasteiger partial charge in [-0.05, 0) is 42.2 Å². The van der Waals surface area contributed by atoms with Crippen LogP contribution in [0.25, 0.3) is 22.3 Å². The molecule has 21 heavy (non-hydrogen) atoms. The van der Waals surface area contributed by atoms with Gasteiger partial charge in [0.05, 0.1) is 11.4 Å². The second-order valence-corrected chi connectivity index (χ2v) is 5.32. The number of nitrogens with zero attached hydrogens (tertiary/aromatic N) is 2. The van der Waals surface area contributed by atoms with E-state index in [4.69, 9.17) is 0 Å². The Labute approximate surface area is 121 Å². The van der Waals surface area contributed by atoms with Gasteiger partial charge in [-0.25, -0.2) is 9.97 Å². The number of benzene rings is 1. The first-order valence-electron chi connectivity index (χ1n) is 6.94. The maximum atomic E-state index is 11.2. The third-order valence-electron chi connectivity index (χ3n) is 3.90. The average molecular weight is 278 g/mol. The van der Waals surface area contributed by atoms with Crippen LogP contribution in [0.5, 0.6) is 0 Å². The van der Waals surface area contributed by atoms with Crippen LogP contribution in [-0.2, 0) is 17.6 Å². The smallest absolute Gasteiger partial charge is 0.221 e. The zero-order chi connectivity index (χ0) is 14.4. The Bertz CT molecular complexity index is 866. The maximum Gasteiger partial charge on any atom is 0.221 e. The molecule has 5 heteroatoms. The van der Waals surface area contributed by atoms with Gasteiger partial charge in [-0.2, -0.15) is 0 Å². The molecule has 2 aromatic heterocycles. The van der Waals surface area contributed by atoms with Crippen molar-refractivity contribution in [2.24, 2.45) is 0 Å². The van der Waals surface area contributed by atoms with E-state index in [1.165, 1.54) is 18.1 Å². The van der Waals surface area contributed by atoms with Crippen LogP contribution in [0.2, 0.25) is 0 Å². The summed E-state index contributed by atoms with van der Waals surface area (Å²) < 4.78 is 0. The van der Waals surface area contributed by atoms with Gasteiger partial charge in [0.2, 0.25) is 5.91 Å². The van der Waals surface area contributed by atoms with Crippen molar-refractivity contribution >= 4 is 22.5 Å². The van der Waals surface area contributed by atoms with Gasteiger partial charge in [0.25, 0.3) is 0 Å². The van der Waals surface area contributed by atoms with E-state index in [9.17, 15) is 4.79 Å². The van der Waals surface area contributed by atoms with Crippen molar-refractivity contribution in [3.05, 3.63) is 41.9 Å². The van der Waals surface area contributed by atoms with Gasteiger partial charge in [0.15, 0.2) is 0 Å². The summed E-state index contributed by atoms with van der Waals surface area (Å²) in [6, 6.07) is 5.94. The minimum Gasteiger partial charge on any atom is -0.353 e. The number of amides is 1. The van der Waals surface area contributed by atoms with Gasteiger partial charge in [-0.1, -0.05) is 0 Å². The molecule has 0 fully saturated rings. The van der Waals surface area contributed by atoms with E-state index in [2.05, 4.69) is 20.3 Å². The van der Waals surface area contributed by atoms with Crippen molar-refractivity contribution < 1.29 is 4.79 Å². The SMILES string of the molecule is CC(=O)Nc1ccc2[nH]c3c(c2c1)CCc1cncnc1-3. The van der Waals surface area contributed by atoms with Crippen molar-refractivity contribution in [3.63, 3.8) is 0 Å². The molecule has 0 unspecified atom stereocenters. The Kier molecular flexibility index (Phi) is 2.54. The average Bonchev–Trinajstić information content (AvgIpc) is 2.85. The molecule has 2 heterocycles. The van der Waals surface area contributed by atoms with Crippen LogP contribution in [-0.4, -0.2) is 20.9 Å². The summed E-state index contributed by atoms with van der Waals surface area (Å²) in [4.78, 5) is 23.2. The first kappa shape index (κ1) is 12.1. The zero-order valence-corrected chi connectivity index (χ0v) is 11.6. The summed E-state index contributed by atoms with van der Waals surface area (Å²) in [6.45, 7) is 1.52. The number of carbonyl (C=O) groups is 1. The fourth-order valence-electron chi connectivity index (χ4n) is 3.02. The number of fused-ring (bicyclic) bond motifs is 5. The lowest BCUT2D eigenvalue weighted by Crippen LogP contribution is -2.06. The normalized spacial score (nSPS) is 12.8. The lowest BCUT2D eigenvalue weighted by molar-refractivity contribution is -0.114. The van der Waals surface area contributed by atoms with Gasteiger partial charge in [-0.3, -0.25) is 4.79 Å².